The minimum absolute atomic E-state index is 0.0539. The van der Waals surface area contributed by atoms with Gasteiger partial charge in [-0.3, -0.25) is 4.79 Å². The largest absolute Gasteiger partial charge is 0.478 e. The molecule has 0 atom stereocenters. The van der Waals surface area contributed by atoms with Crippen molar-refractivity contribution in [2.75, 3.05) is 11.1 Å². The molecule has 21 heavy (non-hydrogen) atoms. The van der Waals surface area contributed by atoms with Crippen molar-refractivity contribution < 1.29 is 14.7 Å². The summed E-state index contributed by atoms with van der Waals surface area (Å²) in [5.41, 5.74) is 6.69. The average Bonchev–Trinajstić information content (AvgIpc) is 2.40. The van der Waals surface area contributed by atoms with E-state index in [9.17, 15) is 9.59 Å². The Morgan fingerprint density at radius 1 is 1.19 bits per heavy atom. The molecule has 0 heterocycles. The summed E-state index contributed by atoms with van der Waals surface area (Å²) in [4.78, 5) is 23.0. The summed E-state index contributed by atoms with van der Waals surface area (Å²) < 4.78 is 0.549. The highest BCUT2D eigenvalue weighted by Crippen LogP contribution is 2.25. The zero-order valence-corrected chi connectivity index (χ0v) is 12.9. The molecule has 108 valence electrons. The van der Waals surface area contributed by atoms with Crippen molar-refractivity contribution in [3.05, 3.63) is 57.0 Å². The highest BCUT2D eigenvalue weighted by molar-refractivity contribution is 9.10. The number of nitrogens with two attached hydrogens (primary N) is 1. The first-order valence-corrected chi connectivity index (χ1v) is 6.95. The second-order valence-corrected chi connectivity index (χ2v) is 5.48. The van der Waals surface area contributed by atoms with Gasteiger partial charge in [-0.2, -0.15) is 0 Å². The number of amides is 1. The van der Waals surface area contributed by atoms with E-state index in [0.29, 0.717) is 20.7 Å². The maximum Gasteiger partial charge on any atom is 0.335 e. The number of rotatable bonds is 3. The number of hydrogen-bond donors (Lipinski definition) is 3. The van der Waals surface area contributed by atoms with E-state index in [-0.39, 0.29) is 17.2 Å². The fourth-order valence-corrected chi connectivity index (χ4v) is 2.54. The van der Waals surface area contributed by atoms with Crippen LogP contribution in [0.2, 0.25) is 5.02 Å². The fraction of sp³-hybridized carbons (Fsp3) is 0. The molecule has 0 saturated carbocycles. The lowest BCUT2D eigenvalue weighted by atomic mass is 10.1. The Labute approximate surface area is 133 Å². The van der Waals surface area contributed by atoms with Crippen molar-refractivity contribution in [2.45, 2.75) is 0 Å². The van der Waals surface area contributed by atoms with E-state index >= 15 is 0 Å². The molecule has 0 bridgehead atoms. The third-order valence-electron chi connectivity index (χ3n) is 2.72. The van der Waals surface area contributed by atoms with Crippen molar-refractivity contribution in [3.8, 4) is 0 Å². The van der Waals surface area contributed by atoms with Crippen LogP contribution in [0.25, 0.3) is 0 Å². The van der Waals surface area contributed by atoms with Crippen LogP contribution in [0.5, 0.6) is 0 Å². The zero-order valence-electron chi connectivity index (χ0n) is 10.6. The number of carbonyl (C=O) groups is 2. The van der Waals surface area contributed by atoms with Crippen LogP contribution < -0.4 is 11.1 Å². The van der Waals surface area contributed by atoms with Gasteiger partial charge in [0, 0.05) is 9.50 Å². The molecule has 0 spiro atoms. The number of carboxylic acids is 1. The average molecular weight is 370 g/mol. The van der Waals surface area contributed by atoms with Gasteiger partial charge in [0.25, 0.3) is 5.91 Å². The van der Waals surface area contributed by atoms with Crippen LogP contribution in [0.4, 0.5) is 11.4 Å². The zero-order chi connectivity index (χ0) is 15.6. The molecule has 2 aromatic carbocycles. The lowest BCUT2D eigenvalue weighted by molar-refractivity contribution is 0.0697. The molecule has 0 aliphatic carbocycles. The first-order valence-electron chi connectivity index (χ1n) is 5.77. The number of nitrogen functional groups attached to an aromatic ring is 1. The molecular weight excluding hydrogens is 360 g/mol. The van der Waals surface area contributed by atoms with Crippen molar-refractivity contribution >= 4 is 50.8 Å². The van der Waals surface area contributed by atoms with Gasteiger partial charge in [-0.1, -0.05) is 11.6 Å². The quantitative estimate of drug-likeness (QED) is 0.720. The predicted octanol–water partition coefficient (Wildman–Crippen LogP) is 3.64. The number of nitrogens with one attached hydrogen (secondary N) is 1. The fourth-order valence-electron chi connectivity index (χ4n) is 1.67. The van der Waals surface area contributed by atoms with Gasteiger partial charge < -0.3 is 16.2 Å². The molecule has 0 unspecified atom stereocenters. The van der Waals surface area contributed by atoms with Crippen molar-refractivity contribution in [3.63, 3.8) is 0 Å². The molecule has 4 N–H and O–H groups in total. The van der Waals surface area contributed by atoms with E-state index in [2.05, 4.69) is 21.2 Å². The topological polar surface area (TPSA) is 92.4 Å². The van der Waals surface area contributed by atoms with Crippen LogP contribution in [0.3, 0.4) is 0 Å². The summed E-state index contributed by atoms with van der Waals surface area (Å²) >= 11 is 9.07. The standard InChI is InChI=1S/C14H10BrClN2O3/c15-10-6-8(16)2-3-9(10)13(19)18-12-4-1-7(14(20)21)5-11(12)17/h1-6H,17H2,(H,18,19)(H,20,21). The van der Waals surface area contributed by atoms with Crippen molar-refractivity contribution in [1.29, 1.82) is 0 Å². The first-order chi connectivity index (χ1) is 9.88. The van der Waals surface area contributed by atoms with Crippen molar-refractivity contribution in [1.82, 2.24) is 0 Å². The SMILES string of the molecule is Nc1cc(C(=O)O)ccc1NC(=O)c1ccc(Cl)cc1Br. The van der Waals surface area contributed by atoms with Gasteiger partial charge in [-0.25, -0.2) is 4.79 Å². The number of halogens is 2. The van der Waals surface area contributed by atoms with Gasteiger partial charge in [0.1, 0.15) is 0 Å². The summed E-state index contributed by atoms with van der Waals surface area (Å²) in [6.07, 6.45) is 0. The second kappa shape index (κ2) is 6.15. The Kier molecular flexibility index (Phi) is 4.50. The maximum atomic E-state index is 12.2. The van der Waals surface area contributed by atoms with Crippen LogP contribution in [0.15, 0.2) is 40.9 Å². The number of carbonyl (C=O) groups excluding carboxylic acids is 1. The highest BCUT2D eigenvalue weighted by atomic mass is 79.9. The van der Waals surface area contributed by atoms with Gasteiger partial charge >= 0.3 is 5.97 Å². The van der Waals surface area contributed by atoms with E-state index in [1.165, 1.54) is 18.2 Å². The van der Waals surface area contributed by atoms with Gasteiger partial charge in [-0.15, -0.1) is 0 Å². The Morgan fingerprint density at radius 3 is 2.48 bits per heavy atom. The molecular formula is C14H10BrClN2O3. The minimum atomic E-state index is -1.08. The molecule has 0 fully saturated rings. The van der Waals surface area contributed by atoms with Gasteiger partial charge in [0.2, 0.25) is 0 Å². The molecule has 0 radical (unpaired) electrons. The first kappa shape index (κ1) is 15.3. The molecule has 1 amide bonds. The van der Waals surface area contributed by atoms with Crippen LogP contribution >= 0.6 is 27.5 Å². The van der Waals surface area contributed by atoms with Crippen LogP contribution in [0, 0.1) is 0 Å². The number of carboxylic acid groups (broad SMARTS) is 1. The second-order valence-electron chi connectivity index (χ2n) is 4.19. The van der Waals surface area contributed by atoms with E-state index in [1.54, 1.807) is 18.2 Å². The Morgan fingerprint density at radius 2 is 1.90 bits per heavy atom. The summed E-state index contributed by atoms with van der Waals surface area (Å²) in [5.74, 6) is -1.46. The predicted molar refractivity (Wildman–Crippen MR) is 84.9 cm³/mol. The lowest BCUT2D eigenvalue weighted by Gasteiger charge is -2.10. The Balaban J connectivity index is 2.25. The number of anilines is 2. The van der Waals surface area contributed by atoms with Gasteiger partial charge in [0.05, 0.1) is 22.5 Å². The number of benzene rings is 2. The van der Waals surface area contributed by atoms with Gasteiger partial charge in [0.15, 0.2) is 0 Å². The molecule has 0 aromatic heterocycles. The van der Waals surface area contributed by atoms with Crippen LogP contribution in [0.1, 0.15) is 20.7 Å². The molecule has 2 rings (SSSR count). The van der Waals surface area contributed by atoms with E-state index in [4.69, 9.17) is 22.4 Å². The summed E-state index contributed by atoms with van der Waals surface area (Å²) in [6.45, 7) is 0. The summed E-state index contributed by atoms with van der Waals surface area (Å²) in [7, 11) is 0. The van der Waals surface area contributed by atoms with Crippen LogP contribution in [-0.4, -0.2) is 17.0 Å². The molecule has 2 aromatic rings. The highest BCUT2D eigenvalue weighted by Gasteiger charge is 2.13. The molecule has 7 heteroatoms. The summed E-state index contributed by atoms with van der Waals surface area (Å²) in [6, 6.07) is 8.87. The monoisotopic (exact) mass is 368 g/mol. The summed E-state index contributed by atoms with van der Waals surface area (Å²) in [5, 5.41) is 12.0. The lowest BCUT2D eigenvalue weighted by Crippen LogP contribution is -2.14. The van der Waals surface area contributed by atoms with E-state index < -0.39 is 5.97 Å². The maximum absolute atomic E-state index is 12.2. The van der Waals surface area contributed by atoms with E-state index in [1.807, 2.05) is 0 Å². The van der Waals surface area contributed by atoms with Crippen molar-refractivity contribution in [2.24, 2.45) is 0 Å². The van der Waals surface area contributed by atoms with Gasteiger partial charge in [-0.05, 0) is 52.3 Å². The molecule has 0 saturated heterocycles. The molecule has 0 aliphatic heterocycles. The van der Waals surface area contributed by atoms with E-state index in [0.717, 1.165) is 0 Å². The third kappa shape index (κ3) is 3.53. The normalized spacial score (nSPS) is 10.2. The Bertz CT molecular complexity index is 734. The smallest absolute Gasteiger partial charge is 0.335 e. The third-order valence-corrected chi connectivity index (χ3v) is 3.61. The number of hydrogen-bond acceptors (Lipinski definition) is 3. The van der Waals surface area contributed by atoms with Crippen LogP contribution in [-0.2, 0) is 0 Å². The number of aromatic carboxylic acids is 1. The Hall–Kier alpha value is -2.05. The minimum Gasteiger partial charge on any atom is -0.478 e. The molecule has 5 nitrogen and oxygen atoms in total. The molecule has 0 aliphatic rings.